The van der Waals surface area contributed by atoms with Crippen LogP contribution in [0.15, 0.2) is 41.4 Å². The molecule has 0 atom stereocenters. The zero-order valence-corrected chi connectivity index (χ0v) is 14.4. The Bertz CT molecular complexity index is 914. The summed E-state index contributed by atoms with van der Waals surface area (Å²) in [4.78, 5) is 0.328. The zero-order valence-electron chi connectivity index (χ0n) is 13.6. The fourth-order valence-corrected chi connectivity index (χ4v) is 4.87. The molecule has 4 rings (SSSR count). The fraction of sp³-hybridized carbons (Fsp3) is 0.353. The number of rotatable bonds is 3. The van der Waals surface area contributed by atoms with E-state index in [9.17, 15) is 8.42 Å². The van der Waals surface area contributed by atoms with Crippen LogP contribution in [-0.4, -0.2) is 42.1 Å². The van der Waals surface area contributed by atoms with Crippen molar-refractivity contribution in [3.63, 3.8) is 0 Å². The predicted octanol–water partition coefficient (Wildman–Crippen LogP) is 1.38. The number of aromatic nitrogens is 2. The van der Waals surface area contributed by atoms with Crippen LogP contribution in [0.25, 0.3) is 5.57 Å². The van der Waals surface area contributed by atoms with Crippen molar-refractivity contribution < 1.29 is 8.42 Å². The van der Waals surface area contributed by atoms with Crippen LogP contribution in [0.5, 0.6) is 0 Å². The van der Waals surface area contributed by atoms with Crippen molar-refractivity contribution in [3.05, 3.63) is 53.4 Å². The normalized spacial score (nSPS) is 18.5. The second kappa shape index (κ2) is 5.84. The number of nitrogens with one attached hydrogen (secondary N) is 1. The van der Waals surface area contributed by atoms with Crippen molar-refractivity contribution in [1.29, 1.82) is 0 Å². The van der Waals surface area contributed by atoms with Crippen LogP contribution in [0.3, 0.4) is 0 Å². The molecule has 0 fully saturated rings. The smallest absolute Gasteiger partial charge is 0.247 e. The highest BCUT2D eigenvalue weighted by atomic mass is 32.2. The van der Waals surface area contributed by atoms with E-state index in [4.69, 9.17) is 0 Å². The summed E-state index contributed by atoms with van der Waals surface area (Å²) in [6, 6.07) is 8.07. The molecule has 2 aromatic rings. The number of fused-ring (bicyclic) bond motifs is 1. The molecule has 6 nitrogen and oxygen atoms in total. The molecular formula is C17H20N4O2S. The van der Waals surface area contributed by atoms with Gasteiger partial charge in [0.15, 0.2) is 0 Å². The largest absolute Gasteiger partial charge is 0.309 e. The van der Waals surface area contributed by atoms with Crippen LogP contribution in [0.1, 0.15) is 16.8 Å². The first-order valence-electron chi connectivity index (χ1n) is 8.08. The molecule has 0 bridgehead atoms. The fourth-order valence-electron chi connectivity index (χ4n) is 3.35. The molecule has 0 saturated heterocycles. The maximum atomic E-state index is 13.0. The molecule has 0 amide bonds. The van der Waals surface area contributed by atoms with Gasteiger partial charge in [0, 0.05) is 26.2 Å². The molecule has 0 spiro atoms. The van der Waals surface area contributed by atoms with E-state index in [-0.39, 0.29) is 0 Å². The molecular weight excluding hydrogens is 324 g/mol. The number of nitrogens with zero attached hydrogens (tertiary/aromatic N) is 3. The van der Waals surface area contributed by atoms with Gasteiger partial charge in [0.2, 0.25) is 10.0 Å². The highest BCUT2D eigenvalue weighted by molar-refractivity contribution is 7.89. The van der Waals surface area contributed by atoms with Crippen LogP contribution in [0.2, 0.25) is 0 Å². The van der Waals surface area contributed by atoms with E-state index < -0.39 is 10.0 Å². The standard InChI is InChI=1S/C17H20N4O2S/c1-13-4-2-3-5-15(13)14-6-8-20(12-14)24(22,23)17-11-19-21-9-7-18-10-16(17)21/h2-6,11,18H,7-10,12H2,1H3. The highest BCUT2D eigenvalue weighted by Gasteiger charge is 2.33. The van der Waals surface area contributed by atoms with Crippen molar-refractivity contribution in [3.8, 4) is 0 Å². The summed E-state index contributed by atoms with van der Waals surface area (Å²) >= 11 is 0. The molecule has 0 aliphatic carbocycles. The van der Waals surface area contributed by atoms with Gasteiger partial charge in [-0.25, -0.2) is 8.42 Å². The van der Waals surface area contributed by atoms with E-state index in [2.05, 4.69) is 10.4 Å². The maximum Gasteiger partial charge on any atom is 0.247 e. The number of benzene rings is 1. The monoisotopic (exact) mass is 344 g/mol. The second-order valence-electron chi connectivity index (χ2n) is 6.20. The van der Waals surface area contributed by atoms with Crippen molar-refractivity contribution >= 4 is 15.6 Å². The van der Waals surface area contributed by atoms with E-state index in [1.165, 1.54) is 10.5 Å². The first-order chi connectivity index (χ1) is 11.6. The van der Waals surface area contributed by atoms with Gasteiger partial charge in [0.05, 0.1) is 18.4 Å². The van der Waals surface area contributed by atoms with Gasteiger partial charge < -0.3 is 5.32 Å². The lowest BCUT2D eigenvalue weighted by Gasteiger charge is -2.20. The van der Waals surface area contributed by atoms with E-state index in [0.717, 1.165) is 28.9 Å². The Balaban J connectivity index is 1.62. The Morgan fingerprint density at radius 1 is 1.25 bits per heavy atom. The Morgan fingerprint density at radius 3 is 2.92 bits per heavy atom. The number of aryl methyl sites for hydroxylation is 1. The van der Waals surface area contributed by atoms with Crippen molar-refractivity contribution in [2.45, 2.75) is 24.9 Å². The van der Waals surface area contributed by atoms with Gasteiger partial charge in [0.25, 0.3) is 0 Å². The summed E-state index contributed by atoms with van der Waals surface area (Å²) in [5.74, 6) is 0. The van der Waals surface area contributed by atoms with Gasteiger partial charge in [-0.2, -0.15) is 9.40 Å². The minimum Gasteiger partial charge on any atom is -0.309 e. The van der Waals surface area contributed by atoms with Gasteiger partial charge in [-0.3, -0.25) is 4.68 Å². The number of hydrogen-bond acceptors (Lipinski definition) is 4. The maximum absolute atomic E-state index is 13.0. The molecule has 1 aromatic heterocycles. The van der Waals surface area contributed by atoms with E-state index >= 15 is 0 Å². The summed E-state index contributed by atoms with van der Waals surface area (Å²) in [6.45, 7) is 4.93. The quantitative estimate of drug-likeness (QED) is 0.914. The summed E-state index contributed by atoms with van der Waals surface area (Å²) in [5, 5.41) is 7.45. The Hall–Kier alpha value is -1.96. The third-order valence-electron chi connectivity index (χ3n) is 4.70. The summed E-state index contributed by atoms with van der Waals surface area (Å²) in [5.41, 5.74) is 4.10. The third kappa shape index (κ3) is 2.49. The van der Waals surface area contributed by atoms with Crippen molar-refractivity contribution in [1.82, 2.24) is 19.4 Å². The lowest BCUT2D eigenvalue weighted by Crippen LogP contribution is -2.33. The Morgan fingerprint density at radius 2 is 2.08 bits per heavy atom. The Labute approximate surface area is 141 Å². The van der Waals surface area contributed by atoms with Crippen molar-refractivity contribution in [2.24, 2.45) is 0 Å². The summed E-state index contributed by atoms with van der Waals surface area (Å²) in [6.07, 6.45) is 3.50. The topological polar surface area (TPSA) is 67.2 Å². The molecule has 24 heavy (non-hydrogen) atoms. The van der Waals surface area contributed by atoms with Gasteiger partial charge in [-0.1, -0.05) is 30.3 Å². The molecule has 126 valence electrons. The summed E-state index contributed by atoms with van der Waals surface area (Å²) < 4.78 is 29.4. The molecule has 1 N–H and O–H groups in total. The average Bonchev–Trinajstić information content (AvgIpc) is 3.23. The molecule has 0 saturated carbocycles. The highest BCUT2D eigenvalue weighted by Crippen LogP contribution is 2.29. The first kappa shape index (κ1) is 15.6. The first-order valence-corrected chi connectivity index (χ1v) is 9.52. The van der Waals surface area contributed by atoms with Crippen LogP contribution >= 0.6 is 0 Å². The minimum absolute atomic E-state index is 0.328. The van der Waals surface area contributed by atoms with E-state index in [1.54, 1.807) is 4.68 Å². The van der Waals surface area contributed by atoms with Crippen molar-refractivity contribution in [2.75, 3.05) is 19.6 Å². The summed E-state index contributed by atoms with van der Waals surface area (Å²) in [7, 11) is -3.53. The van der Waals surface area contributed by atoms with Gasteiger partial charge in [-0.05, 0) is 23.6 Å². The van der Waals surface area contributed by atoms with Gasteiger partial charge in [-0.15, -0.1) is 0 Å². The van der Waals surface area contributed by atoms with E-state index in [1.807, 2.05) is 37.3 Å². The van der Waals surface area contributed by atoms with Gasteiger partial charge in [0.1, 0.15) is 4.90 Å². The second-order valence-corrected chi connectivity index (χ2v) is 8.10. The number of hydrogen-bond donors (Lipinski definition) is 1. The molecule has 0 radical (unpaired) electrons. The molecule has 2 aliphatic rings. The van der Waals surface area contributed by atoms with Crippen LogP contribution in [0.4, 0.5) is 0 Å². The lowest BCUT2D eigenvalue weighted by molar-refractivity contribution is 0.462. The molecule has 2 aliphatic heterocycles. The van der Waals surface area contributed by atoms with Gasteiger partial charge >= 0.3 is 0 Å². The van der Waals surface area contributed by atoms with E-state index in [0.29, 0.717) is 31.1 Å². The molecule has 7 heteroatoms. The SMILES string of the molecule is Cc1ccccc1C1=CCN(S(=O)(=O)c2cnn3c2CNCC3)C1. The third-order valence-corrected chi connectivity index (χ3v) is 6.55. The van der Waals surface area contributed by atoms with Crippen LogP contribution in [0, 0.1) is 6.92 Å². The zero-order chi connectivity index (χ0) is 16.7. The number of sulfonamides is 1. The average molecular weight is 344 g/mol. The molecule has 3 heterocycles. The lowest BCUT2D eigenvalue weighted by atomic mass is 10.0. The predicted molar refractivity (Wildman–Crippen MR) is 91.8 cm³/mol. The Kier molecular flexibility index (Phi) is 3.79. The molecule has 1 aromatic carbocycles. The van der Waals surface area contributed by atoms with Crippen LogP contribution in [-0.2, 0) is 23.1 Å². The molecule has 0 unspecified atom stereocenters. The van der Waals surface area contributed by atoms with Crippen LogP contribution < -0.4 is 5.32 Å². The minimum atomic E-state index is -3.53.